The van der Waals surface area contributed by atoms with Crippen LogP contribution in [0.3, 0.4) is 0 Å². The molecule has 2 aromatic heterocycles. The normalized spacial score (nSPS) is 19.6. The minimum absolute atomic E-state index is 0.0632. The number of nitrogens with one attached hydrogen (secondary N) is 2. The number of hydrogen-bond acceptors (Lipinski definition) is 6. The molecule has 12 heteroatoms. The van der Waals surface area contributed by atoms with E-state index >= 15 is 0 Å². The van der Waals surface area contributed by atoms with Crippen LogP contribution in [0, 0.1) is 0 Å². The Labute approximate surface area is 177 Å². The molecule has 31 heavy (non-hydrogen) atoms. The SMILES string of the molecule is O=C(Nc1ccc2c(c1)OCO2)c1nn2c(c1Cl)N[C@H](c1ccco1)C[C@H]2C(F)(F)F. The lowest BCUT2D eigenvalue weighted by atomic mass is 10.0. The fraction of sp³-hybridized carbons (Fsp3) is 0.263. The summed E-state index contributed by atoms with van der Waals surface area (Å²) in [6.45, 7) is 0.0632. The third kappa shape index (κ3) is 3.44. The van der Waals surface area contributed by atoms with Crippen molar-refractivity contribution in [1.29, 1.82) is 0 Å². The minimum atomic E-state index is -4.61. The highest BCUT2D eigenvalue weighted by atomic mass is 35.5. The van der Waals surface area contributed by atoms with E-state index in [1.807, 2.05) is 0 Å². The lowest BCUT2D eigenvalue weighted by Gasteiger charge is -2.32. The third-order valence-corrected chi connectivity index (χ3v) is 5.39. The quantitative estimate of drug-likeness (QED) is 0.592. The van der Waals surface area contributed by atoms with Crippen molar-refractivity contribution in [3.05, 3.63) is 53.1 Å². The first-order valence-corrected chi connectivity index (χ1v) is 9.54. The van der Waals surface area contributed by atoms with Crippen molar-refractivity contribution in [1.82, 2.24) is 9.78 Å². The second-order valence-electron chi connectivity index (χ2n) is 6.98. The summed E-state index contributed by atoms with van der Waals surface area (Å²) in [5.74, 6) is 0.419. The van der Waals surface area contributed by atoms with Gasteiger partial charge in [-0.05, 0) is 24.3 Å². The molecule has 2 atom stereocenters. The fourth-order valence-corrected chi connectivity index (χ4v) is 3.84. The van der Waals surface area contributed by atoms with Gasteiger partial charge in [0.1, 0.15) is 16.6 Å². The Balaban J connectivity index is 1.47. The summed E-state index contributed by atoms with van der Waals surface area (Å²) in [4.78, 5) is 12.7. The van der Waals surface area contributed by atoms with Gasteiger partial charge in [0.25, 0.3) is 5.91 Å². The Morgan fingerprint density at radius 1 is 1.26 bits per heavy atom. The number of anilines is 2. The molecule has 0 fully saturated rings. The summed E-state index contributed by atoms with van der Waals surface area (Å²) in [5.41, 5.74) is 0.0151. The van der Waals surface area contributed by atoms with E-state index in [0.29, 0.717) is 27.6 Å². The smallest absolute Gasteiger partial charge is 0.410 e. The summed E-state index contributed by atoms with van der Waals surface area (Å²) in [6.07, 6.45) is -3.61. The van der Waals surface area contributed by atoms with Gasteiger partial charge < -0.3 is 24.5 Å². The summed E-state index contributed by atoms with van der Waals surface area (Å²) >= 11 is 6.29. The Kier molecular flexibility index (Phi) is 4.50. The van der Waals surface area contributed by atoms with Crippen molar-refractivity contribution in [2.75, 3.05) is 17.4 Å². The van der Waals surface area contributed by atoms with Crippen LogP contribution >= 0.6 is 11.6 Å². The highest BCUT2D eigenvalue weighted by Gasteiger charge is 2.48. The van der Waals surface area contributed by atoms with Gasteiger partial charge in [-0.2, -0.15) is 18.3 Å². The Hall–Kier alpha value is -3.34. The maximum atomic E-state index is 13.8. The topological polar surface area (TPSA) is 90.5 Å². The van der Waals surface area contributed by atoms with E-state index in [0.717, 1.165) is 0 Å². The average Bonchev–Trinajstić information content (AvgIpc) is 3.46. The lowest BCUT2D eigenvalue weighted by molar-refractivity contribution is -0.174. The fourth-order valence-electron chi connectivity index (χ4n) is 3.58. The number of nitrogens with zero attached hydrogens (tertiary/aromatic N) is 2. The third-order valence-electron chi connectivity index (χ3n) is 5.03. The molecular weight excluding hydrogens is 441 g/mol. The van der Waals surface area contributed by atoms with E-state index in [-0.39, 0.29) is 29.7 Å². The second-order valence-corrected chi connectivity index (χ2v) is 7.36. The number of rotatable bonds is 3. The van der Waals surface area contributed by atoms with Gasteiger partial charge >= 0.3 is 6.18 Å². The van der Waals surface area contributed by atoms with Gasteiger partial charge in [-0.25, -0.2) is 4.68 Å². The molecule has 5 rings (SSSR count). The van der Waals surface area contributed by atoms with Gasteiger partial charge in [0.15, 0.2) is 23.2 Å². The molecule has 0 bridgehead atoms. The molecule has 2 aliphatic heterocycles. The van der Waals surface area contributed by atoms with E-state index in [1.54, 1.807) is 24.3 Å². The molecule has 0 saturated carbocycles. The van der Waals surface area contributed by atoms with Crippen molar-refractivity contribution in [2.24, 2.45) is 0 Å². The largest absolute Gasteiger partial charge is 0.467 e. The predicted molar refractivity (Wildman–Crippen MR) is 103 cm³/mol. The molecule has 2 aliphatic rings. The van der Waals surface area contributed by atoms with Crippen LogP contribution < -0.4 is 20.1 Å². The summed E-state index contributed by atoms with van der Waals surface area (Å²) in [6, 6.07) is 5.09. The van der Waals surface area contributed by atoms with E-state index in [2.05, 4.69) is 15.7 Å². The van der Waals surface area contributed by atoms with Gasteiger partial charge in [-0.1, -0.05) is 11.6 Å². The van der Waals surface area contributed by atoms with Gasteiger partial charge in [0.2, 0.25) is 6.79 Å². The van der Waals surface area contributed by atoms with E-state index in [4.69, 9.17) is 25.5 Å². The number of benzene rings is 1. The summed E-state index contributed by atoms with van der Waals surface area (Å²) in [7, 11) is 0. The zero-order valence-corrected chi connectivity index (χ0v) is 16.3. The molecule has 162 valence electrons. The number of fused-ring (bicyclic) bond motifs is 2. The van der Waals surface area contributed by atoms with Gasteiger partial charge in [-0.3, -0.25) is 4.79 Å². The number of ether oxygens (including phenoxy) is 2. The van der Waals surface area contributed by atoms with Gasteiger partial charge in [-0.15, -0.1) is 0 Å². The van der Waals surface area contributed by atoms with Crippen molar-refractivity contribution < 1.29 is 31.9 Å². The van der Waals surface area contributed by atoms with E-state index in [9.17, 15) is 18.0 Å². The molecule has 1 aromatic carbocycles. The van der Waals surface area contributed by atoms with E-state index < -0.39 is 24.2 Å². The number of hydrogen-bond donors (Lipinski definition) is 2. The van der Waals surface area contributed by atoms with Crippen molar-refractivity contribution >= 4 is 29.0 Å². The first kappa shape index (κ1) is 19.6. The number of carbonyl (C=O) groups is 1. The van der Waals surface area contributed by atoms with Gasteiger partial charge in [0.05, 0.1) is 12.3 Å². The van der Waals surface area contributed by atoms with Crippen LogP contribution in [0.25, 0.3) is 0 Å². The Bertz CT molecular complexity index is 1150. The maximum absolute atomic E-state index is 13.8. The monoisotopic (exact) mass is 454 g/mol. The first-order chi connectivity index (χ1) is 14.8. The highest BCUT2D eigenvalue weighted by Crippen LogP contribution is 2.46. The predicted octanol–water partition coefficient (Wildman–Crippen LogP) is 4.77. The summed E-state index contributed by atoms with van der Waals surface area (Å²) < 4.78 is 57.7. The summed E-state index contributed by atoms with van der Waals surface area (Å²) in [5, 5.41) is 9.14. The Morgan fingerprint density at radius 2 is 2.06 bits per heavy atom. The molecule has 0 unspecified atom stereocenters. The van der Waals surface area contributed by atoms with E-state index in [1.165, 1.54) is 12.3 Å². The number of furan rings is 1. The lowest BCUT2D eigenvalue weighted by Crippen LogP contribution is -2.35. The molecule has 0 spiro atoms. The minimum Gasteiger partial charge on any atom is -0.467 e. The molecule has 0 radical (unpaired) electrons. The van der Waals surface area contributed by atoms with Crippen LogP contribution in [0.1, 0.15) is 34.8 Å². The van der Waals surface area contributed by atoms with Crippen LogP contribution in [0.5, 0.6) is 11.5 Å². The second kappa shape index (κ2) is 7.12. The zero-order valence-electron chi connectivity index (χ0n) is 15.6. The van der Waals surface area contributed by atoms with Crippen molar-refractivity contribution in [2.45, 2.75) is 24.7 Å². The zero-order chi connectivity index (χ0) is 21.8. The molecule has 0 aliphatic carbocycles. The number of amides is 1. The van der Waals surface area contributed by atoms with Crippen LogP contribution in [-0.4, -0.2) is 28.7 Å². The molecular formula is C19H14ClF3N4O4. The molecule has 0 saturated heterocycles. The van der Waals surface area contributed by atoms with Crippen molar-refractivity contribution in [3.63, 3.8) is 0 Å². The Morgan fingerprint density at radius 3 is 2.81 bits per heavy atom. The van der Waals surface area contributed by atoms with Crippen LogP contribution in [0.15, 0.2) is 41.0 Å². The van der Waals surface area contributed by atoms with Crippen LogP contribution in [-0.2, 0) is 0 Å². The first-order valence-electron chi connectivity index (χ1n) is 9.17. The number of carbonyl (C=O) groups excluding carboxylic acids is 1. The molecule has 8 nitrogen and oxygen atoms in total. The van der Waals surface area contributed by atoms with Crippen molar-refractivity contribution in [3.8, 4) is 11.5 Å². The van der Waals surface area contributed by atoms with Gasteiger partial charge in [0, 0.05) is 18.2 Å². The number of alkyl halides is 3. The highest BCUT2D eigenvalue weighted by molar-refractivity contribution is 6.36. The number of aromatic nitrogens is 2. The van der Waals surface area contributed by atoms with Crippen LogP contribution in [0.4, 0.5) is 24.7 Å². The average molecular weight is 455 g/mol. The molecule has 4 heterocycles. The maximum Gasteiger partial charge on any atom is 0.410 e. The number of halogens is 4. The molecule has 3 aromatic rings. The standard InChI is InChI=1S/C19H14ClF3N4O4/c20-15-16(18(28)24-9-3-4-12-13(6-9)31-8-30-12)26-27-14(19(21,22)23)7-10(25-17(15)27)11-2-1-5-29-11/h1-6,10,14,25H,7-8H2,(H,24,28)/t10-,14-/m0/s1. The molecule has 2 N–H and O–H groups in total. The molecule has 1 amide bonds. The van der Waals surface area contributed by atoms with Crippen LogP contribution in [0.2, 0.25) is 5.02 Å².